The monoisotopic (exact) mass is 195 g/mol. The lowest BCUT2D eigenvalue weighted by molar-refractivity contribution is -0.118. The van der Waals surface area contributed by atoms with E-state index in [1.54, 1.807) is 0 Å². The number of nitrogens with one attached hydrogen (secondary N) is 1. The normalized spacial score (nSPS) is 15.9. The van der Waals surface area contributed by atoms with Crippen LogP contribution in [0.15, 0.2) is 18.2 Å². The van der Waals surface area contributed by atoms with Crippen LogP contribution in [-0.4, -0.2) is 12.3 Å². The van der Waals surface area contributed by atoms with E-state index in [-0.39, 0.29) is 5.78 Å². The molecule has 0 radical (unpaired) electrons. The molecule has 1 aliphatic rings. The Morgan fingerprint density at radius 1 is 1.38 bits per heavy atom. The number of carbonyl (C=O) groups excluding carboxylic acids is 1. The van der Waals surface area contributed by atoms with Gasteiger partial charge in [0.05, 0.1) is 10.7 Å². The highest BCUT2D eigenvalue weighted by atomic mass is 35.5. The third-order valence-corrected chi connectivity index (χ3v) is 2.51. The Morgan fingerprint density at radius 2 is 2.23 bits per heavy atom. The number of hydrogen-bond donors (Lipinski definition) is 1. The Kier molecular flexibility index (Phi) is 2.23. The molecule has 1 heterocycles. The van der Waals surface area contributed by atoms with Crippen LogP contribution in [0.4, 0.5) is 5.69 Å². The van der Waals surface area contributed by atoms with Gasteiger partial charge in [-0.2, -0.15) is 0 Å². The molecule has 0 saturated carbocycles. The number of Topliss-reactive ketones (excluding diaryl/α,β-unsaturated/α-hetero) is 1. The van der Waals surface area contributed by atoms with Gasteiger partial charge in [0, 0.05) is 19.4 Å². The zero-order chi connectivity index (χ0) is 9.26. The fourth-order valence-corrected chi connectivity index (χ4v) is 1.80. The first-order valence-electron chi connectivity index (χ1n) is 4.30. The van der Waals surface area contributed by atoms with E-state index in [0.717, 1.165) is 11.3 Å². The van der Waals surface area contributed by atoms with Gasteiger partial charge in [-0.1, -0.05) is 23.7 Å². The molecule has 1 aromatic carbocycles. The quantitative estimate of drug-likeness (QED) is 0.688. The topological polar surface area (TPSA) is 29.1 Å². The van der Waals surface area contributed by atoms with E-state index in [2.05, 4.69) is 5.32 Å². The van der Waals surface area contributed by atoms with Crippen molar-refractivity contribution in [1.29, 1.82) is 0 Å². The molecule has 0 aliphatic carbocycles. The largest absolute Gasteiger partial charge is 0.383 e. The Morgan fingerprint density at radius 3 is 3.08 bits per heavy atom. The van der Waals surface area contributed by atoms with Crippen LogP contribution in [-0.2, 0) is 11.2 Å². The van der Waals surface area contributed by atoms with E-state index in [9.17, 15) is 4.79 Å². The Hall–Kier alpha value is -1.02. The third-order valence-electron chi connectivity index (χ3n) is 2.19. The van der Waals surface area contributed by atoms with Gasteiger partial charge in [0.2, 0.25) is 0 Å². The second-order valence-electron chi connectivity index (χ2n) is 3.17. The van der Waals surface area contributed by atoms with Crippen LogP contribution in [0.1, 0.15) is 12.0 Å². The number of hydrogen-bond acceptors (Lipinski definition) is 2. The fourth-order valence-electron chi connectivity index (χ4n) is 1.54. The average Bonchev–Trinajstić information content (AvgIpc) is 2.27. The van der Waals surface area contributed by atoms with Gasteiger partial charge in [-0.05, 0) is 11.6 Å². The Bertz CT molecular complexity index is 349. The molecule has 0 aromatic heterocycles. The summed E-state index contributed by atoms with van der Waals surface area (Å²) in [6.45, 7) is 0.690. The van der Waals surface area contributed by atoms with Crippen molar-refractivity contribution in [2.75, 3.05) is 11.9 Å². The van der Waals surface area contributed by atoms with Crippen LogP contribution in [0.2, 0.25) is 5.02 Å². The fraction of sp³-hybridized carbons (Fsp3) is 0.300. The van der Waals surface area contributed by atoms with Crippen molar-refractivity contribution in [3.63, 3.8) is 0 Å². The van der Waals surface area contributed by atoms with Crippen LogP contribution in [0.25, 0.3) is 0 Å². The first-order valence-corrected chi connectivity index (χ1v) is 4.68. The van der Waals surface area contributed by atoms with Crippen molar-refractivity contribution in [2.24, 2.45) is 0 Å². The van der Waals surface area contributed by atoms with Crippen LogP contribution in [0.5, 0.6) is 0 Å². The van der Waals surface area contributed by atoms with Gasteiger partial charge in [0.25, 0.3) is 0 Å². The number of rotatable bonds is 0. The smallest absolute Gasteiger partial charge is 0.139 e. The lowest BCUT2D eigenvalue weighted by Crippen LogP contribution is -2.03. The molecule has 2 rings (SSSR count). The maximum Gasteiger partial charge on any atom is 0.139 e. The summed E-state index contributed by atoms with van der Waals surface area (Å²) >= 11 is 5.99. The van der Waals surface area contributed by atoms with Gasteiger partial charge in [-0.15, -0.1) is 0 Å². The predicted molar refractivity (Wildman–Crippen MR) is 53.3 cm³/mol. The minimum atomic E-state index is 0.272. The maximum atomic E-state index is 11.3. The Labute approximate surface area is 81.9 Å². The van der Waals surface area contributed by atoms with Gasteiger partial charge in [-0.25, -0.2) is 0 Å². The summed E-state index contributed by atoms with van der Waals surface area (Å²) in [5.41, 5.74) is 1.94. The SMILES string of the molecule is O=C1CCNc2c(Cl)cccc2C1. The maximum absolute atomic E-state index is 11.3. The molecule has 1 aliphatic heterocycles. The molecule has 0 amide bonds. The first kappa shape index (κ1) is 8.57. The zero-order valence-corrected chi connectivity index (χ0v) is 7.90. The molecule has 68 valence electrons. The minimum Gasteiger partial charge on any atom is -0.383 e. The number of anilines is 1. The second-order valence-corrected chi connectivity index (χ2v) is 3.57. The van der Waals surface area contributed by atoms with Gasteiger partial charge in [0.15, 0.2) is 0 Å². The van der Waals surface area contributed by atoms with Crippen LogP contribution >= 0.6 is 11.6 Å². The van der Waals surface area contributed by atoms with Crippen molar-refractivity contribution < 1.29 is 4.79 Å². The number of benzene rings is 1. The summed E-state index contributed by atoms with van der Waals surface area (Å²) in [6, 6.07) is 5.65. The molecule has 1 aromatic rings. The summed E-state index contributed by atoms with van der Waals surface area (Å²) in [5.74, 6) is 0.272. The summed E-state index contributed by atoms with van der Waals surface area (Å²) < 4.78 is 0. The summed E-state index contributed by atoms with van der Waals surface area (Å²) in [4.78, 5) is 11.3. The molecule has 1 N–H and O–H groups in total. The van der Waals surface area contributed by atoms with Crippen molar-refractivity contribution in [3.8, 4) is 0 Å². The van der Waals surface area contributed by atoms with Gasteiger partial charge in [0.1, 0.15) is 5.78 Å². The first-order chi connectivity index (χ1) is 6.27. The van der Waals surface area contributed by atoms with Crippen LogP contribution < -0.4 is 5.32 Å². The molecular weight excluding hydrogens is 186 g/mol. The van der Waals surface area contributed by atoms with Crippen LogP contribution in [0.3, 0.4) is 0 Å². The van der Waals surface area contributed by atoms with E-state index in [1.807, 2.05) is 18.2 Å². The number of ketones is 1. The minimum absolute atomic E-state index is 0.272. The summed E-state index contributed by atoms with van der Waals surface area (Å²) in [6.07, 6.45) is 1.09. The highest BCUT2D eigenvalue weighted by Crippen LogP contribution is 2.28. The molecule has 0 spiro atoms. The van der Waals surface area contributed by atoms with E-state index in [1.165, 1.54) is 0 Å². The highest BCUT2D eigenvalue weighted by Gasteiger charge is 2.14. The highest BCUT2D eigenvalue weighted by molar-refractivity contribution is 6.33. The van der Waals surface area contributed by atoms with Gasteiger partial charge in [-0.3, -0.25) is 4.79 Å². The summed E-state index contributed by atoms with van der Waals surface area (Å²) in [7, 11) is 0. The number of carbonyl (C=O) groups is 1. The molecule has 13 heavy (non-hydrogen) atoms. The van der Waals surface area contributed by atoms with E-state index >= 15 is 0 Å². The number of halogens is 1. The van der Waals surface area contributed by atoms with Crippen molar-refractivity contribution >= 4 is 23.1 Å². The summed E-state index contributed by atoms with van der Waals surface area (Å²) in [5, 5.41) is 3.87. The van der Waals surface area contributed by atoms with Crippen LogP contribution in [0, 0.1) is 0 Å². The van der Waals surface area contributed by atoms with E-state index in [0.29, 0.717) is 24.4 Å². The molecular formula is C10H10ClNO. The zero-order valence-electron chi connectivity index (χ0n) is 7.14. The molecule has 0 atom stereocenters. The van der Waals surface area contributed by atoms with E-state index in [4.69, 9.17) is 11.6 Å². The predicted octanol–water partition coefficient (Wildman–Crippen LogP) is 2.27. The van der Waals surface area contributed by atoms with Gasteiger partial charge < -0.3 is 5.32 Å². The van der Waals surface area contributed by atoms with Crippen molar-refractivity contribution in [2.45, 2.75) is 12.8 Å². The molecule has 0 saturated heterocycles. The lowest BCUT2D eigenvalue weighted by Gasteiger charge is -2.07. The number of fused-ring (bicyclic) bond motifs is 1. The molecule has 2 nitrogen and oxygen atoms in total. The standard InChI is InChI=1S/C10H10ClNO/c11-9-3-1-2-7-6-8(13)4-5-12-10(7)9/h1-3,12H,4-6H2. The van der Waals surface area contributed by atoms with Crippen molar-refractivity contribution in [1.82, 2.24) is 0 Å². The lowest BCUT2D eigenvalue weighted by atomic mass is 10.1. The second kappa shape index (κ2) is 3.38. The third kappa shape index (κ3) is 1.68. The van der Waals surface area contributed by atoms with Crippen molar-refractivity contribution in [3.05, 3.63) is 28.8 Å². The molecule has 3 heteroatoms. The van der Waals surface area contributed by atoms with E-state index < -0.39 is 0 Å². The molecule has 0 bridgehead atoms. The molecule has 0 fully saturated rings. The average molecular weight is 196 g/mol. The molecule has 0 unspecified atom stereocenters. The Balaban J connectivity index is 2.45. The van der Waals surface area contributed by atoms with Gasteiger partial charge >= 0.3 is 0 Å². The number of para-hydroxylation sites is 1.